The van der Waals surface area contributed by atoms with Gasteiger partial charge in [-0.2, -0.15) is 0 Å². The van der Waals surface area contributed by atoms with Crippen molar-refractivity contribution < 1.29 is 14.3 Å². The lowest BCUT2D eigenvalue weighted by atomic mass is 10.3. The SMILES string of the molecule is COC(=O)CCn1c(=S)[nH]c2c(OC(C)C)cccc21. The summed E-state index contributed by atoms with van der Waals surface area (Å²) in [5.74, 6) is 0.510. The van der Waals surface area contributed by atoms with Gasteiger partial charge in [-0.05, 0) is 38.2 Å². The number of para-hydroxylation sites is 1. The van der Waals surface area contributed by atoms with Crippen LogP contribution in [-0.4, -0.2) is 28.7 Å². The monoisotopic (exact) mass is 294 g/mol. The summed E-state index contributed by atoms with van der Waals surface area (Å²) in [7, 11) is 1.38. The summed E-state index contributed by atoms with van der Waals surface area (Å²) in [5.41, 5.74) is 1.79. The number of nitrogens with zero attached hydrogens (tertiary/aromatic N) is 1. The van der Waals surface area contributed by atoms with Gasteiger partial charge in [0.15, 0.2) is 4.77 Å². The third kappa shape index (κ3) is 3.01. The fourth-order valence-electron chi connectivity index (χ4n) is 2.03. The van der Waals surface area contributed by atoms with Crippen molar-refractivity contribution in [2.24, 2.45) is 0 Å². The number of rotatable bonds is 5. The van der Waals surface area contributed by atoms with Crippen LogP contribution in [0.3, 0.4) is 0 Å². The molecule has 0 fully saturated rings. The molecule has 0 spiro atoms. The van der Waals surface area contributed by atoms with Crippen molar-refractivity contribution in [3.8, 4) is 5.75 Å². The van der Waals surface area contributed by atoms with Gasteiger partial charge in [-0.3, -0.25) is 4.79 Å². The van der Waals surface area contributed by atoms with E-state index in [2.05, 4.69) is 9.72 Å². The second kappa shape index (κ2) is 6.09. The third-order valence-corrected chi connectivity index (χ3v) is 3.22. The van der Waals surface area contributed by atoms with E-state index in [9.17, 15) is 4.79 Å². The van der Waals surface area contributed by atoms with Crippen LogP contribution in [0.15, 0.2) is 18.2 Å². The summed E-state index contributed by atoms with van der Waals surface area (Å²) in [6.45, 7) is 4.43. The van der Waals surface area contributed by atoms with Crippen molar-refractivity contribution in [2.45, 2.75) is 32.9 Å². The molecule has 0 saturated carbocycles. The lowest BCUT2D eigenvalue weighted by molar-refractivity contribution is -0.140. The van der Waals surface area contributed by atoms with E-state index >= 15 is 0 Å². The van der Waals surface area contributed by atoms with E-state index in [1.807, 2.05) is 36.6 Å². The van der Waals surface area contributed by atoms with Gasteiger partial charge in [-0.15, -0.1) is 0 Å². The number of carbonyl (C=O) groups excluding carboxylic acids is 1. The minimum absolute atomic E-state index is 0.0843. The number of fused-ring (bicyclic) bond motifs is 1. The Labute approximate surface area is 122 Å². The normalized spacial score (nSPS) is 11.0. The lowest BCUT2D eigenvalue weighted by Gasteiger charge is -2.10. The topological polar surface area (TPSA) is 56.2 Å². The van der Waals surface area contributed by atoms with E-state index in [0.29, 0.717) is 11.3 Å². The summed E-state index contributed by atoms with van der Waals surface area (Å²) in [5, 5.41) is 0. The number of imidazole rings is 1. The van der Waals surface area contributed by atoms with Crippen LogP contribution in [0.4, 0.5) is 0 Å². The van der Waals surface area contributed by atoms with Crippen LogP contribution in [0.5, 0.6) is 5.75 Å². The van der Waals surface area contributed by atoms with Gasteiger partial charge < -0.3 is 19.0 Å². The van der Waals surface area contributed by atoms with Crippen molar-refractivity contribution in [2.75, 3.05) is 7.11 Å². The van der Waals surface area contributed by atoms with Crippen LogP contribution in [0.2, 0.25) is 0 Å². The van der Waals surface area contributed by atoms with Crippen LogP contribution in [0.1, 0.15) is 20.3 Å². The van der Waals surface area contributed by atoms with E-state index in [-0.39, 0.29) is 18.5 Å². The number of aryl methyl sites for hydroxylation is 1. The number of benzene rings is 1. The first-order chi connectivity index (χ1) is 9.52. The third-order valence-electron chi connectivity index (χ3n) is 2.90. The van der Waals surface area contributed by atoms with Crippen molar-refractivity contribution >= 4 is 29.2 Å². The van der Waals surface area contributed by atoms with Crippen molar-refractivity contribution in [1.29, 1.82) is 0 Å². The second-order valence-corrected chi connectivity index (χ2v) is 5.11. The molecule has 0 amide bonds. The molecule has 6 heteroatoms. The smallest absolute Gasteiger partial charge is 0.307 e. The number of carbonyl (C=O) groups is 1. The predicted molar refractivity (Wildman–Crippen MR) is 79.5 cm³/mol. The van der Waals surface area contributed by atoms with Crippen molar-refractivity contribution in [3.05, 3.63) is 23.0 Å². The summed E-state index contributed by atoms with van der Waals surface area (Å²) < 4.78 is 12.9. The molecule has 108 valence electrons. The standard InChI is InChI=1S/C14H18N2O3S/c1-9(2)19-11-6-4-5-10-13(11)15-14(20)16(10)8-7-12(17)18-3/h4-6,9H,7-8H2,1-3H3,(H,15,20). The first-order valence-corrected chi connectivity index (χ1v) is 6.88. The molecule has 0 aliphatic carbocycles. The zero-order valence-corrected chi connectivity index (χ0v) is 12.6. The van der Waals surface area contributed by atoms with E-state index in [4.69, 9.17) is 17.0 Å². The van der Waals surface area contributed by atoms with Gasteiger partial charge in [0.2, 0.25) is 0 Å². The Kier molecular flexibility index (Phi) is 4.44. The Balaban J connectivity index is 2.39. The molecule has 2 rings (SSSR count). The molecular weight excluding hydrogens is 276 g/mol. The first-order valence-electron chi connectivity index (χ1n) is 6.48. The zero-order valence-electron chi connectivity index (χ0n) is 11.8. The van der Waals surface area contributed by atoms with Crippen molar-refractivity contribution in [1.82, 2.24) is 9.55 Å². The average Bonchev–Trinajstić information content (AvgIpc) is 2.72. The van der Waals surface area contributed by atoms with Crippen LogP contribution >= 0.6 is 12.2 Å². The lowest BCUT2D eigenvalue weighted by Crippen LogP contribution is -2.07. The number of hydrogen-bond donors (Lipinski definition) is 1. The van der Waals surface area contributed by atoms with Crippen LogP contribution < -0.4 is 4.74 Å². The maximum Gasteiger partial charge on any atom is 0.307 e. The zero-order chi connectivity index (χ0) is 14.7. The number of methoxy groups -OCH3 is 1. The molecule has 0 unspecified atom stereocenters. The van der Waals surface area contributed by atoms with Gasteiger partial charge in [-0.1, -0.05) is 6.07 Å². The Hall–Kier alpha value is -1.82. The van der Waals surface area contributed by atoms with E-state index in [1.165, 1.54) is 7.11 Å². The maximum absolute atomic E-state index is 11.3. The summed E-state index contributed by atoms with van der Waals surface area (Å²) in [6.07, 6.45) is 0.369. The van der Waals surface area contributed by atoms with Gasteiger partial charge in [0.25, 0.3) is 0 Å². The van der Waals surface area contributed by atoms with Gasteiger partial charge in [0, 0.05) is 6.54 Å². The number of aromatic amines is 1. The molecule has 1 aromatic heterocycles. The predicted octanol–water partition coefficient (Wildman–Crippen LogP) is 3.05. The van der Waals surface area contributed by atoms with E-state index in [0.717, 1.165) is 16.8 Å². The maximum atomic E-state index is 11.3. The number of ether oxygens (including phenoxy) is 2. The minimum atomic E-state index is -0.254. The molecule has 0 radical (unpaired) electrons. The van der Waals surface area contributed by atoms with Gasteiger partial charge in [-0.25, -0.2) is 0 Å². The number of hydrogen-bond acceptors (Lipinski definition) is 4. The molecule has 5 nitrogen and oxygen atoms in total. The molecule has 0 aliphatic heterocycles. The molecule has 1 heterocycles. The molecule has 1 aromatic carbocycles. The molecule has 0 aliphatic rings. The summed E-state index contributed by atoms with van der Waals surface area (Å²) in [4.78, 5) is 14.4. The van der Waals surface area contributed by atoms with E-state index in [1.54, 1.807) is 0 Å². The molecule has 2 aromatic rings. The average molecular weight is 294 g/mol. The van der Waals surface area contributed by atoms with Gasteiger partial charge in [0.05, 0.1) is 25.2 Å². The Morgan fingerprint density at radius 3 is 2.85 bits per heavy atom. The molecule has 0 bridgehead atoms. The number of esters is 1. The molecule has 20 heavy (non-hydrogen) atoms. The number of H-pyrrole nitrogens is 1. The van der Waals surface area contributed by atoms with Crippen LogP contribution in [0, 0.1) is 4.77 Å². The molecule has 1 N–H and O–H groups in total. The first kappa shape index (κ1) is 14.6. The fourth-order valence-corrected chi connectivity index (χ4v) is 2.32. The Morgan fingerprint density at radius 1 is 1.45 bits per heavy atom. The highest BCUT2D eigenvalue weighted by molar-refractivity contribution is 7.71. The Morgan fingerprint density at radius 2 is 2.20 bits per heavy atom. The van der Waals surface area contributed by atoms with Crippen molar-refractivity contribution in [3.63, 3.8) is 0 Å². The number of nitrogens with one attached hydrogen (secondary N) is 1. The second-order valence-electron chi connectivity index (χ2n) is 4.72. The number of aromatic nitrogens is 2. The highest BCUT2D eigenvalue weighted by Gasteiger charge is 2.11. The van der Waals surface area contributed by atoms with Crippen LogP contribution in [-0.2, 0) is 16.1 Å². The van der Waals surface area contributed by atoms with Crippen LogP contribution in [0.25, 0.3) is 11.0 Å². The van der Waals surface area contributed by atoms with Gasteiger partial charge >= 0.3 is 5.97 Å². The van der Waals surface area contributed by atoms with Gasteiger partial charge in [0.1, 0.15) is 11.3 Å². The highest BCUT2D eigenvalue weighted by atomic mass is 32.1. The fraction of sp³-hybridized carbons (Fsp3) is 0.429. The molecular formula is C14H18N2O3S. The highest BCUT2D eigenvalue weighted by Crippen LogP contribution is 2.26. The largest absolute Gasteiger partial charge is 0.489 e. The summed E-state index contributed by atoms with van der Waals surface area (Å²) in [6, 6.07) is 5.77. The minimum Gasteiger partial charge on any atom is -0.489 e. The quantitative estimate of drug-likeness (QED) is 0.680. The summed E-state index contributed by atoms with van der Waals surface area (Å²) >= 11 is 5.31. The molecule has 0 saturated heterocycles. The van der Waals surface area contributed by atoms with E-state index < -0.39 is 0 Å². The molecule has 0 atom stereocenters. The Bertz CT molecular complexity index is 673.